The second kappa shape index (κ2) is 3.60. The standard InChI is InChI=1S/C11H13BO2/c1-8-2-3-10-7-11(12(13)14)5-4-9(10)6-8/h4-5,7,13-14H,1-3,6H2. The van der Waals surface area contributed by atoms with E-state index in [-0.39, 0.29) is 0 Å². The lowest BCUT2D eigenvalue weighted by molar-refractivity contribution is 0.425. The van der Waals surface area contributed by atoms with E-state index in [0.717, 1.165) is 19.3 Å². The van der Waals surface area contributed by atoms with Crippen molar-refractivity contribution in [1.82, 2.24) is 0 Å². The summed E-state index contributed by atoms with van der Waals surface area (Å²) < 4.78 is 0. The zero-order valence-corrected chi connectivity index (χ0v) is 8.03. The maximum atomic E-state index is 9.02. The summed E-state index contributed by atoms with van der Waals surface area (Å²) in [7, 11) is -1.36. The van der Waals surface area contributed by atoms with Crippen LogP contribution in [0.15, 0.2) is 30.4 Å². The van der Waals surface area contributed by atoms with E-state index < -0.39 is 7.12 Å². The molecule has 1 aliphatic carbocycles. The number of hydrogen-bond donors (Lipinski definition) is 2. The van der Waals surface area contributed by atoms with Gasteiger partial charge in [0.1, 0.15) is 0 Å². The molecule has 0 aliphatic heterocycles. The highest BCUT2D eigenvalue weighted by Crippen LogP contribution is 2.22. The van der Waals surface area contributed by atoms with Crippen LogP contribution in [0.3, 0.4) is 0 Å². The SMILES string of the molecule is C=C1CCc2cc(B(O)O)ccc2C1. The minimum absolute atomic E-state index is 0.580. The van der Waals surface area contributed by atoms with Crippen LogP contribution in [-0.4, -0.2) is 17.2 Å². The van der Waals surface area contributed by atoms with Crippen LogP contribution in [0.5, 0.6) is 0 Å². The fourth-order valence-electron chi connectivity index (χ4n) is 1.88. The van der Waals surface area contributed by atoms with Gasteiger partial charge in [0.2, 0.25) is 0 Å². The summed E-state index contributed by atoms with van der Waals surface area (Å²) in [5, 5.41) is 18.0. The molecule has 3 heteroatoms. The highest BCUT2D eigenvalue weighted by molar-refractivity contribution is 6.58. The molecular weight excluding hydrogens is 175 g/mol. The van der Waals surface area contributed by atoms with Gasteiger partial charge in [-0.1, -0.05) is 30.4 Å². The van der Waals surface area contributed by atoms with E-state index in [9.17, 15) is 0 Å². The van der Waals surface area contributed by atoms with E-state index in [4.69, 9.17) is 10.0 Å². The van der Waals surface area contributed by atoms with Crippen LogP contribution in [0.25, 0.3) is 0 Å². The largest absolute Gasteiger partial charge is 0.488 e. The topological polar surface area (TPSA) is 40.5 Å². The third-order valence-electron chi connectivity index (χ3n) is 2.72. The van der Waals surface area contributed by atoms with Gasteiger partial charge in [-0.25, -0.2) is 0 Å². The molecule has 0 bridgehead atoms. The molecule has 14 heavy (non-hydrogen) atoms. The molecule has 2 nitrogen and oxygen atoms in total. The third kappa shape index (κ3) is 1.74. The molecule has 0 saturated heterocycles. The summed E-state index contributed by atoms with van der Waals surface area (Å²) in [5.41, 5.74) is 4.33. The Morgan fingerprint density at radius 2 is 1.93 bits per heavy atom. The van der Waals surface area contributed by atoms with Gasteiger partial charge in [-0.15, -0.1) is 0 Å². The number of hydrogen-bond acceptors (Lipinski definition) is 2. The van der Waals surface area contributed by atoms with E-state index in [2.05, 4.69) is 6.58 Å². The zero-order valence-electron chi connectivity index (χ0n) is 8.03. The van der Waals surface area contributed by atoms with E-state index in [1.165, 1.54) is 16.7 Å². The van der Waals surface area contributed by atoms with E-state index >= 15 is 0 Å². The fourth-order valence-corrected chi connectivity index (χ4v) is 1.88. The number of allylic oxidation sites excluding steroid dienone is 1. The molecule has 2 rings (SSSR count). The average molecular weight is 188 g/mol. The van der Waals surface area contributed by atoms with Crippen LogP contribution in [0, 0.1) is 0 Å². The Balaban J connectivity index is 2.36. The highest BCUT2D eigenvalue weighted by atomic mass is 16.4. The molecule has 0 fully saturated rings. The first-order chi connectivity index (χ1) is 6.66. The van der Waals surface area contributed by atoms with Crippen LogP contribution in [-0.2, 0) is 12.8 Å². The zero-order chi connectivity index (χ0) is 10.1. The number of aryl methyl sites for hydroxylation is 1. The second-order valence-electron chi connectivity index (χ2n) is 3.83. The van der Waals surface area contributed by atoms with Crippen molar-refractivity contribution < 1.29 is 10.0 Å². The molecule has 0 saturated carbocycles. The monoisotopic (exact) mass is 188 g/mol. The lowest BCUT2D eigenvalue weighted by Gasteiger charge is -2.18. The van der Waals surface area contributed by atoms with Gasteiger partial charge in [-0.2, -0.15) is 0 Å². The highest BCUT2D eigenvalue weighted by Gasteiger charge is 2.16. The maximum absolute atomic E-state index is 9.02. The molecule has 1 aromatic carbocycles. The summed E-state index contributed by atoms with van der Waals surface area (Å²) in [6.45, 7) is 3.97. The molecule has 0 unspecified atom stereocenters. The molecule has 0 spiro atoms. The van der Waals surface area contributed by atoms with Gasteiger partial charge in [-0.3, -0.25) is 0 Å². The molecule has 0 heterocycles. The summed E-state index contributed by atoms with van der Waals surface area (Å²) in [4.78, 5) is 0. The summed E-state index contributed by atoms with van der Waals surface area (Å²) >= 11 is 0. The van der Waals surface area contributed by atoms with Crippen LogP contribution in [0.4, 0.5) is 0 Å². The molecule has 0 radical (unpaired) electrons. The Morgan fingerprint density at radius 3 is 2.64 bits per heavy atom. The molecular formula is C11H13BO2. The molecule has 1 aromatic rings. The Labute approximate surface area is 84.0 Å². The molecule has 1 aliphatic rings. The van der Waals surface area contributed by atoms with Crippen LogP contribution >= 0.6 is 0 Å². The van der Waals surface area contributed by atoms with Gasteiger partial charge in [0.15, 0.2) is 0 Å². The Morgan fingerprint density at radius 1 is 1.14 bits per heavy atom. The first-order valence-electron chi connectivity index (χ1n) is 4.81. The van der Waals surface area contributed by atoms with E-state index in [0.29, 0.717) is 5.46 Å². The Kier molecular flexibility index (Phi) is 2.44. The number of rotatable bonds is 1. The first kappa shape index (κ1) is 9.50. The lowest BCUT2D eigenvalue weighted by atomic mass is 9.76. The van der Waals surface area contributed by atoms with Gasteiger partial charge in [0.05, 0.1) is 0 Å². The molecule has 0 aromatic heterocycles. The normalized spacial score (nSPS) is 15.1. The van der Waals surface area contributed by atoms with Crippen molar-refractivity contribution in [2.45, 2.75) is 19.3 Å². The van der Waals surface area contributed by atoms with Crippen molar-refractivity contribution in [3.63, 3.8) is 0 Å². The van der Waals surface area contributed by atoms with Crippen molar-refractivity contribution >= 4 is 12.6 Å². The smallest absolute Gasteiger partial charge is 0.423 e. The number of benzene rings is 1. The van der Waals surface area contributed by atoms with Gasteiger partial charge in [0, 0.05) is 0 Å². The minimum atomic E-state index is -1.36. The average Bonchev–Trinajstić information content (AvgIpc) is 2.16. The summed E-state index contributed by atoms with van der Waals surface area (Å²) in [6, 6.07) is 5.61. The Hall–Kier alpha value is -1.06. The van der Waals surface area contributed by atoms with Crippen molar-refractivity contribution in [1.29, 1.82) is 0 Å². The van der Waals surface area contributed by atoms with Crippen LogP contribution < -0.4 is 5.46 Å². The fraction of sp³-hybridized carbons (Fsp3) is 0.273. The molecule has 0 atom stereocenters. The second-order valence-corrected chi connectivity index (χ2v) is 3.83. The maximum Gasteiger partial charge on any atom is 0.488 e. The van der Waals surface area contributed by atoms with Gasteiger partial charge in [0.25, 0.3) is 0 Å². The summed E-state index contributed by atoms with van der Waals surface area (Å²) in [6.07, 6.45) is 2.91. The van der Waals surface area contributed by atoms with Gasteiger partial charge >= 0.3 is 7.12 Å². The third-order valence-corrected chi connectivity index (χ3v) is 2.72. The van der Waals surface area contributed by atoms with Gasteiger partial charge < -0.3 is 10.0 Å². The van der Waals surface area contributed by atoms with Crippen molar-refractivity contribution in [2.75, 3.05) is 0 Å². The number of fused-ring (bicyclic) bond motifs is 1. The molecule has 0 amide bonds. The van der Waals surface area contributed by atoms with E-state index in [1.807, 2.05) is 12.1 Å². The van der Waals surface area contributed by atoms with Crippen LogP contribution in [0.2, 0.25) is 0 Å². The van der Waals surface area contributed by atoms with Crippen molar-refractivity contribution in [3.8, 4) is 0 Å². The van der Waals surface area contributed by atoms with Crippen LogP contribution in [0.1, 0.15) is 17.5 Å². The summed E-state index contributed by atoms with van der Waals surface area (Å²) in [5.74, 6) is 0. The van der Waals surface area contributed by atoms with Crippen molar-refractivity contribution in [2.24, 2.45) is 0 Å². The predicted octanol–water partition coefficient (Wildman–Crippen LogP) is 0.411. The van der Waals surface area contributed by atoms with E-state index in [1.54, 1.807) is 6.07 Å². The van der Waals surface area contributed by atoms with Crippen molar-refractivity contribution in [3.05, 3.63) is 41.5 Å². The first-order valence-corrected chi connectivity index (χ1v) is 4.81. The molecule has 2 N–H and O–H groups in total. The predicted molar refractivity (Wildman–Crippen MR) is 57.4 cm³/mol. The van der Waals surface area contributed by atoms with Gasteiger partial charge in [-0.05, 0) is 35.9 Å². The molecule has 72 valence electrons. The Bertz CT molecular complexity index is 372. The minimum Gasteiger partial charge on any atom is -0.423 e. The lowest BCUT2D eigenvalue weighted by Crippen LogP contribution is -2.30. The quantitative estimate of drug-likeness (QED) is 0.495.